The maximum Gasteiger partial charge on any atom is 0.168 e. The minimum absolute atomic E-state index is 0.327. The van der Waals surface area contributed by atoms with Crippen molar-refractivity contribution in [2.45, 2.75) is 0 Å². The van der Waals surface area contributed by atoms with E-state index in [1.165, 1.54) is 6.07 Å². The first-order valence-corrected chi connectivity index (χ1v) is 5.79. The minimum atomic E-state index is 0.327. The summed E-state index contributed by atoms with van der Waals surface area (Å²) in [6, 6.07) is 11.8. The summed E-state index contributed by atoms with van der Waals surface area (Å²) in [4.78, 5) is 0. The summed E-state index contributed by atoms with van der Waals surface area (Å²) in [6.45, 7) is 0. The molecule has 0 bridgehead atoms. The van der Waals surface area contributed by atoms with Gasteiger partial charge in [0.1, 0.15) is 5.75 Å². The fourth-order valence-corrected chi connectivity index (χ4v) is 1.84. The third kappa shape index (κ3) is 2.51. The van der Waals surface area contributed by atoms with Crippen LogP contribution in [-0.4, -0.2) is 0 Å². The minimum Gasteiger partial charge on any atom is -0.452 e. The molecule has 0 saturated carbocycles. The van der Waals surface area contributed by atoms with Crippen LogP contribution in [0.25, 0.3) is 0 Å². The van der Waals surface area contributed by atoms with Crippen LogP contribution in [0, 0.1) is 11.3 Å². The molecule has 2 rings (SSSR count). The van der Waals surface area contributed by atoms with Gasteiger partial charge in [-0.15, -0.1) is 0 Å². The maximum atomic E-state index is 8.74. The summed E-state index contributed by atoms with van der Waals surface area (Å²) < 4.78 is 5.57. The third-order valence-corrected chi connectivity index (χ3v) is 2.86. The smallest absolute Gasteiger partial charge is 0.168 e. The third-order valence-electron chi connectivity index (χ3n) is 2.27. The zero-order valence-electron chi connectivity index (χ0n) is 9.15. The lowest BCUT2D eigenvalue weighted by molar-refractivity contribution is 0.485. The molecule has 0 atom stereocenters. The SMILES string of the molecule is N#Cc1ccc(Oc2c(N)cccc2Cl)c(Cl)c1. The van der Waals surface area contributed by atoms with Crippen molar-refractivity contribution in [1.82, 2.24) is 0 Å². The Balaban J connectivity index is 2.38. The van der Waals surface area contributed by atoms with Gasteiger partial charge in [0.25, 0.3) is 0 Å². The van der Waals surface area contributed by atoms with E-state index < -0.39 is 0 Å². The molecule has 0 radical (unpaired) electrons. The van der Waals surface area contributed by atoms with Gasteiger partial charge in [-0.05, 0) is 30.3 Å². The molecule has 0 spiro atoms. The number of nitrogen functional groups attached to an aromatic ring is 1. The van der Waals surface area contributed by atoms with Crippen LogP contribution < -0.4 is 10.5 Å². The number of hydrogen-bond acceptors (Lipinski definition) is 3. The molecule has 90 valence electrons. The van der Waals surface area contributed by atoms with Crippen LogP contribution in [-0.2, 0) is 0 Å². The topological polar surface area (TPSA) is 59.0 Å². The molecular weight excluding hydrogens is 271 g/mol. The number of para-hydroxylation sites is 1. The molecule has 0 saturated heterocycles. The summed E-state index contributed by atoms with van der Waals surface area (Å²) in [5.41, 5.74) is 6.65. The van der Waals surface area contributed by atoms with Crippen molar-refractivity contribution in [3.63, 3.8) is 0 Å². The zero-order valence-corrected chi connectivity index (χ0v) is 10.7. The average molecular weight is 279 g/mol. The standard InChI is InChI=1S/C13H8Cl2N2O/c14-9-2-1-3-11(17)13(9)18-12-5-4-8(7-16)6-10(12)15/h1-6H,17H2. The molecule has 3 nitrogen and oxygen atoms in total. The van der Waals surface area contributed by atoms with Crippen molar-refractivity contribution in [1.29, 1.82) is 5.26 Å². The number of anilines is 1. The Labute approximate surface area is 114 Å². The highest BCUT2D eigenvalue weighted by molar-refractivity contribution is 6.33. The first kappa shape index (κ1) is 12.6. The molecule has 0 amide bonds. The van der Waals surface area contributed by atoms with Crippen LogP contribution in [0.15, 0.2) is 36.4 Å². The predicted molar refractivity (Wildman–Crippen MR) is 72.1 cm³/mol. The molecule has 0 aliphatic rings. The maximum absolute atomic E-state index is 8.74. The first-order valence-electron chi connectivity index (χ1n) is 5.03. The lowest BCUT2D eigenvalue weighted by Crippen LogP contribution is -1.93. The van der Waals surface area contributed by atoms with Gasteiger partial charge in [-0.2, -0.15) is 5.26 Å². The molecule has 0 aromatic heterocycles. The predicted octanol–water partition coefficient (Wildman–Crippen LogP) is 4.24. The van der Waals surface area contributed by atoms with E-state index in [9.17, 15) is 0 Å². The van der Waals surface area contributed by atoms with Gasteiger partial charge < -0.3 is 10.5 Å². The van der Waals surface area contributed by atoms with Gasteiger partial charge in [0.05, 0.1) is 27.4 Å². The Morgan fingerprint density at radius 3 is 2.50 bits per heavy atom. The quantitative estimate of drug-likeness (QED) is 0.836. The molecule has 2 N–H and O–H groups in total. The Bertz CT molecular complexity index is 615. The Kier molecular flexibility index (Phi) is 3.61. The lowest BCUT2D eigenvalue weighted by atomic mass is 10.2. The number of benzene rings is 2. The monoisotopic (exact) mass is 278 g/mol. The van der Waals surface area contributed by atoms with Gasteiger partial charge >= 0.3 is 0 Å². The van der Waals surface area contributed by atoms with E-state index in [0.29, 0.717) is 32.8 Å². The average Bonchev–Trinajstić information content (AvgIpc) is 2.35. The number of hydrogen-bond donors (Lipinski definition) is 1. The summed E-state index contributed by atoms with van der Waals surface area (Å²) in [5.74, 6) is 0.751. The zero-order chi connectivity index (χ0) is 13.1. The van der Waals surface area contributed by atoms with Gasteiger partial charge in [0.2, 0.25) is 0 Å². The van der Waals surface area contributed by atoms with Gasteiger partial charge in [0, 0.05) is 0 Å². The second-order valence-corrected chi connectivity index (χ2v) is 4.33. The number of ether oxygens (including phenoxy) is 1. The van der Waals surface area contributed by atoms with Crippen molar-refractivity contribution >= 4 is 28.9 Å². The normalized spacial score (nSPS) is 9.83. The van der Waals surface area contributed by atoms with Crippen molar-refractivity contribution in [3.05, 3.63) is 52.0 Å². The molecule has 0 unspecified atom stereocenters. The lowest BCUT2D eigenvalue weighted by Gasteiger charge is -2.11. The van der Waals surface area contributed by atoms with E-state index in [2.05, 4.69) is 0 Å². The first-order chi connectivity index (χ1) is 8.61. The van der Waals surface area contributed by atoms with Crippen molar-refractivity contribution in [3.8, 4) is 17.6 Å². The van der Waals surface area contributed by atoms with E-state index in [1.54, 1.807) is 30.3 Å². The van der Waals surface area contributed by atoms with Crippen LogP contribution in [0.5, 0.6) is 11.5 Å². The summed E-state index contributed by atoms with van der Waals surface area (Å²) >= 11 is 12.0. The second-order valence-electron chi connectivity index (χ2n) is 3.52. The van der Waals surface area contributed by atoms with Crippen LogP contribution in [0.4, 0.5) is 5.69 Å². The van der Waals surface area contributed by atoms with E-state index in [1.807, 2.05) is 6.07 Å². The molecule has 18 heavy (non-hydrogen) atoms. The highest BCUT2D eigenvalue weighted by Gasteiger charge is 2.10. The van der Waals surface area contributed by atoms with Gasteiger partial charge in [-0.1, -0.05) is 29.3 Å². The van der Waals surface area contributed by atoms with Crippen LogP contribution in [0.3, 0.4) is 0 Å². The second kappa shape index (κ2) is 5.18. The number of nitrogens with zero attached hydrogens (tertiary/aromatic N) is 1. The van der Waals surface area contributed by atoms with Crippen LogP contribution in [0.1, 0.15) is 5.56 Å². The molecule has 5 heteroatoms. The van der Waals surface area contributed by atoms with Gasteiger partial charge in [-0.25, -0.2) is 0 Å². The Hall–Kier alpha value is -1.89. The van der Waals surface area contributed by atoms with Crippen molar-refractivity contribution < 1.29 is 4.74 Å². The highest BCUT2D eigenvalue weighted by Crippen LogP contribution is 2.37. The van der Waals surface area contributed by atoms with E-state index in [4.69, 9.17) is 38.9 Å². The number of nitriles is 1. The molecule has 0 fully saturated rings. The molecule has 2 aromatic carbocycles. The van der Waals surface area contributed by atoms with Crippen LogP contribution >= 0.6 is 23.2 Å². The molecule has 0 aliphatic heterocycles. The molecular formula is C13H8Cl2N2O. The van der Waals surface area contributed by atoms with Gasteiger partial charge in [0.15, 0.2) is 5.75 Å². The fraction of sp³-hybridized carbons (Fsp3) is 0. The fourth-order valence-electron chi connectivity index (χ4n) is 1.40. The number of rotatable bonds is 2. The summed E-state index contributed by atoms with van der Waals surface area (Å²) in [7, 11) is 0. The van der Waals surface area contributed by atoms with Gasteiger partial charge in [-0.3, -0.25) is 0 Å². The van der Waals surface area contributed by atoms with E-state index >= 15 is 0 Å². The van der Waals surface area contributed by atoms with Crippen molar-refractivity contribution in [2.75, 3.05) is 5.73 Å². The molecule has 0 heterocycles. The summed E-state index contributed by atoms with van der Waals surface area (Å²) in [5, 5.41) is 9.47. The largest absolute Gasteiger partial charge is 0.452 e. The van der Waals surface area contributed by atoms with E-state index in [-0.39, 0.29) is 0 Å². The van der Waals surface area contributed by atoms with Crippen LogP contribution in [0.2, 0.25) is 10.0 Å². The Morgan fingerprint density at radius 2 is 1.89 bits per heavy atom. The van der Waals surface area contributed by atoms with E-state index in [0.717, 1.165) is 0 Å². The molecule has 0 aliphatic carbocycles. The Morgan fingerprint density at radius 1 is 1.11 bits per heavy atom. The van der Waals surface area contributed by atoms with Crippen molar-refractivity contribution in [2.24, 2.45) is 0 Å². The summed E-state index contributed by atoms with van der Waals surface area (Å²) in [6.07, 6.45) is 0. The highest BCUT2D eigenvalue weighted by atomic mass is 35.5. The number of nitrogens with two attached hydrogens (primary N) is 1. The molecule has 2 aromatic rings. The number of halogens is 2.